The number of amides is 1. The fraction of sp³-hybridized carbons (Fsp3) is 0.471. The maximum atomic E-state index is 13.0. The Morgan fingerprint density at radius 1 is 1.36 bits per heavy atom. The molecule has 1 aliphatic rings. The van der Waals surface area contributed by atoms with Gasteiger partial charge in [-0.25, -0.2) is 4.98 Å². The smallest absolute Gasteiger partial charge is 0.311 e. The largest absolute Gasteiger partial charge is 0.466 e. The van der Waals surface area contributed by atoms with E-state index >= 15 is 0 Å². The lowest BCUT2D eigenvalue weighted by atomic mass is 9.78. The average Bonchev–Trinajstić information content (AvgIpc) is 3.28. The number of hydrogen-bond donors (Lipinski definition) is 1. The van der Waals surface area contributed by atoms with Crippen LogP contribution in [-0.2, 0) is 30.9 Å². The standard InChI is InChI=1S/C17H20N2O4S2/c1-2-23-14(20)10-12-11-25-16(18-12)19-15(21)17(5-7-22-8-6-17)13-4-3-9-24-13/h3-4,9,11H,2,5-8,10H2,1H3,(H,18,19,21). The van der Waals surface area contributed by atoms with Crippen molar-refractivity contribution in [3.8, 4) is 0 Å². The molecule has 0 radical (unpaired) electrons. The molecule has 1 saturated heterocycles. The Bertz CT molecular complexity index is 721. The van der Waals surface area contributed by atoms with Crippen molar-refractivity contribution in [3.05, 3.63) is 33.5 Å². The minimum Gasteiger partial charge on any atom is -0.466 e. The highest BCUT2D eigenvalue weighted by Crippen LogP contribution is 2.38. The van der Waals surface area contributed by atoms with E-state index in [1.165, 1.54) is 11.3 Å². The Balaban J connectivity index is 1.72. The van der Waals surface area contributed by atoms with Crippen molar-refractivity contribution in [3.63, 3.8) is 0 Å². The average molecular weight is 380 g/mol. The Kier molecular flexibility index (Phi) is 5.82. The third-order valence-electron chi connectivity index (χ3n) is 4.18. The summed E-state index contributed by atoms with van der Waals surface area (Å²) in [5.74, 6) is -0.375. The molecule has 3 heterocycles. The highest BCUT2D eigenvalue weighted by atomic mass is 32.1. The van der Waals surface area contributed by atoms with E-state index in [0.29, 0.717) is 43.5 Å². The first-order chi connectivity index (χ1) is 12.1. The quantitative estimate of drug-likeness (QED) is 0.780. The number of carbonyl (C=O) groups excluding carboxylic acids is 2. The van der Waals surface area contributed by atoms with E-state index in [2.05, 4.69) is 10.3 Å². The van der Waals surface area contributed by atoms with Crippen LogP contribution in [0.5, 0.6) is 0 Å². The molecule has 134 valence electrons. The second-order valence-corrected chi connectivity index (χ2v) is 7.56. The Morgan fingerprint density at radius 3 is 2.84 bits per heavy atom. The maximum absolute atomic E-state index is 13.0. The maximum Gasteiger partial charge on any atom is 0.311 e. The molecule has 2 aromatic rings. The number of thiophene rings is 1. The van der Waals surface area contributed by atoms with Gasteiger partial charge in [-0.2, -0.15) is 0 Å². The van der Waals surface area contributed by atoms with Crippen molar-refractivity contribution < 1.29 is 19.1 Å². The first-order valence-electron chi connectivity index (χ1n) is 8.17. The van der Waals surface area contributed by atoms with Gasteiger partial charge in [0.25, 0.3) is 0 Å². The highest BCUT2D eigenvalue weighted by Gasteiger charge is 2.42. The van der Waals surface area contributed by atoms with Gasteiger partial charge in [-0.1, -0.05) is 6.07 Å². The van der Waals surface area contributed by atoms with Crippen molar-refractivity contribution in [1.29, 1.82) is 0 Å². The number of anilines is 1. The van der Waals surface area contributed by atoms with E-state index in [1.54, 1.807) is 23.6 Å². The van der Waals surface area contributed by atoms with E-state index in [0.717, 1.165) is 4.88 Å². The number of rotatable bonds is 6. The number of aromatic nitrogens is 1. The molecule has 1 amide bonds. The normalized spacial score (nSPS) is 16.4. The molecule has 3 rings (SSSR count). The second-order valence-electron chi connectivity index (χ2n) is 5.75. The monoisotopic (exact) mass is 380 g/mol. The lowest BCUT2D eigenvalue weighted by Crippen LogP contribution is -2.44. The van der Waals surface area contributed by atoms with Crippen LogP contribution in [0.15, 0.2) is 22.9 Å². The first kappa shape index (κ1) is 18.0. The number of esters is 1. The first-order valence-corrected chi connectivity index (χ1v) is 9.93. The van der Waals surface area contributed by atoms with Gasteiger partial charge >= 0.3 is 5.97 Å². The summed E-state index contributed by atoms with van der Waals surface area (Å²) in [5.41, 5.74) is 0.0373. The molecule has 0 saturated carbocycles. The van der Waals surface area contributed by atoms with Crippen LogP contribution in [0.2, 0.25) is 0 Å². The molecule has 2 aromatic heterocycles. The minimum absolute atomic E-state index is 0.0599. The number of hydrogen-bond acceptors (Lipinski definition) is 7. The van der Waals surface area contributed by atoms with E-state index < -0.39 is 5.41 Å². The van der Waals surface area contributed by atoms with E-state index in [9.17, 15) is 9.59 Å². The van der Waals surface area contributed by atoms with Crippen molar-refractivity contribution in [1.82, 2.24) is 4.98 Å². The van der Waals surface area contributed by atoms with Gasteiger partial charge in [0.05, 0.1) is 24.1 Å². The minimum atomic E-state index is -0.570. The van der Waals surface area contributed by atoms with Crippen molar-refractivity contribution in [2.45, 2.75) is 31.6 Å². The van der Waals surface area contributed by atoms with Gasteiger partial charge in [0.15, 0.2) is 5.13 Å². The summed E-state index contributed by atoms with van der Waals surface area (Å²) in [6.07, 6.45) is 1.42. The van der Waals surface area contributed by atoms with Gasteiger partial charge in [0, 0.05) is 23.5 Å². The van der Waals surface area contributed by atoms with Crippen molar-refractivity contribution in [2.24, 2.45) is 0 Å². The summed E-state index contributed by atoms with van der Waals surface area (Å²) in [6.45, 7) is 3.25. The molecule has 0 bridgehead atoms. The molecule has 1 fully saturated rings. The van der Waals surface area contributed by atoms with Crippen molar-refractivity contribution >= 4 is 39.7 Å². The third kappa shape index (κ3) is 4.08. The molecule has 8 heteroatoms. The van der Waals surface area contributed by atoms with Crippen LogP contribution in [0.4, 0.5) is 5.13 Å². The fourth-order valence-corrected chi connectivity index (χ4v) is 4.57. The zero-order chi connectivity index (χ0) is 17.7. The van der Waals surface area contributed by atoms with Crippen LogP contribution in [0.1, 0.15) is 30.3 Å². The van der Waals surface area contributed by atoms with Crippen LogP contribution in [0.25, 0.3) is 0 Å². The van der Waals surface area contributed by atoms with Crippen molar-refractivity contribution in [2.75, 3.05) is 25.1 Å². The lowest BCUT2D eigenvalue weighted by Gasteiger charge is -2.34. The van der Waals surface area contributed by atoms with Gasteiger partial charge in [-0.05, 0) is 31.2 Å². The van der Waals surface area contributed by atoms with Gasteiger partial charge in [-0.15, -0.1) is 22.7 Å². The molecule has 0 unspecified atom stereocenters. The topological polar surface area (TPSA) is 77.5 Å². The van der Waals surface area contributed by atoms with Crippen LogP contribution < -0.4 is 5.32 Å². The molecule has 6 nitrogen and oxygen atoms in total. The van der Waals surface area contributed by atoms with E-state index in [-0.39, 0.29) is 18.3 Å². The molecule has 0 spiro atoms. The molecule has 0 aliphatic carbocycles. The zero-order valence-electron chi connectivity index (χ0n) is 13.9. The van der Waals surface area contributed by atoms with Crippen LogP contribution >= 0.6 is 22.7 Å². The SMILES string of the molecule is CCOC(=O)Cc1csc(NC(=O)C2(c3cccs3)CCOCC2)n1. The van der Waals surface area contributed by atoms with Gasteiger partial charge in [0.2, 0.25) is 5.91 Å². The summed E-state index contributed by atoms with van der Waals surface area (Å²) in [6, 6.07) is 3.97. The highest BCUT2D eigenvalue weighted by molar-refractivity contribution is 7.14. The Labute approximate surface area is 154 Å². The Hall–Kier alpha value is -1.77. The third-order valence-corrected chi connectivity index (χ3v) is 6.06. The number of ether oxygens (including phenoxy) is 2. The molecule has 25 heavy (non-hydrogen) atoms. The predicted octanol–water partition coefficient (Wildman–Crippen LogP) is 3.00. The summed E-state index contributed by atoms with van der Waals surface area (Å²) in [7, 11) is 0. The predicted molar refractivity (Wildman–Crippen MR) is 97.1 cm³/mol. The molecule has 1 aliphatic heterocycles. The summed E-state index contributed by atoms with van der Waals surface area (Å²) < 4.78 is 10.4. The number of thiazole rings is 1. The molecule has 0 aromatic carbocycles. The van der Waals surface area contributed by atoms with Crippen LogP contribution in [0.3, 0.4) is 0 Å². The van der Waals surface area contributed by atoms with Gasteiger partial charge in [-0.3, -0.25) is 9.59 Å². The summed E-state index contributed by atoms with van der Waals surface area (Å²) >= 11 is 2.91. The molecule has 1 N–H and O–H groups in total. The molecule has 0 atom stereocenters. The number of nitrogens with zero attached hydrogens (tertiary/aromatic N) is 1. The van der Waals surface area contributed by atoms with Gasteiger partial charge in [0.1, 0.15) is 0 Å². The number of nitrogens with one attached hydrogen (secondary N) is 1. The zero-order valence-corrected chi connectivity index (χ0v) is 15.6. The Morgan fingerprint density at radius 2 is 2.16 bits per heavy atom. The van der Waals surface area contributed by atoms with E-state index in [4.69, 9.17) is 9.47 Å². The summed E-state index contributed by atoms with van der Waals surface area (Å²) in [4.78, 5) is 30.0. The second kappa shape index (κ2) is 8.07. The van der Waals surface area contributed by atoms with Crippen LogP contribution in [0, 0.1) is 0 Å². The fourth-order valence-electron chi connectivity index (χ4n) is 2.88. The molecular weight excluding hydrogens is 360 g/mol. The van der Waals surface area contributed by atoms with Crippen LogP contribution in [-0.4, -0.2) is 36.7 Å². The molecular formula is C17H20N2O4S2. The van der Waals surface area contributed by atoms with Gasteiger partial charge < -0.3 is 14.8 Å². The summed E-state index contributed by atoms with van der Waals surface area (Å²) in [5, 5.41) is 7.20. The van der Waals surface area contributed by atoms with E-state index in [1.807, 2.05) is 17.5 Å². The number of carbonyl (C=O) groups is 2. The lowest BCUT2D eigenvalue weighted by molar-refractivity contribution is -0.142.